The van der Waals surface area contributed by atoms with Crippen LogP contribution >= 0.6 is 0 Å². The van der Waals surface area contributed by atoms with E-state index in [9.17, 15) is 4.79 Å². The van der Waals surface area contributed by atoms with Crippen molar-refractivity contribution in [2.24, 2.45) is 5.92 Å². The molecule has 1 N–H and O–H groups in total. The van der Waals surface area contributed by atoms with Gasteiger partial charge >= 0.3 is 0 Å². The van der Waals surface area contributed by atoms with Crippen LogP contribution in [0.3, 0.4) is 0 Å². The predicted octanol–water partition coefficient (Wildman–Crippen LogP) is 2.32. The summed E-state index contributed by atoms with van der Waals surface area (Å²) in [6.07, 6.45) is 2.48. The smallest absolute Gasteiger partial charge is 0.245 e. The Kier molecular flexibility index (Phi) is 4.27. The van der Waals surface area contributed by atoms with E-state index in [2.05, 4.69) is 19.2 Å². The Balaban J connectivity index is 1.71. The molecule has 0 saturated carbocycles. The van der Waals surface area contributed by atoms with Gasteiger partial charge in [-0.3, -0.25) is 10.1 Å². The molecule has 4 nitrogen and oxygen atoms in total. The van der Waals surface area contributed by atoms with Crippen molar-refractivity contribution in [3.05, 3.63) is 35.9 Å². The van der Waals surface area contributed by atoms with Crippen LogP contribution in [0.1, 0.15) is 38.3 Å². The molecule has 1 aromatic carbocycles. The van der Waals surface area contributed by atoms with Crippen molar-refractivity contribution in [2.75, 3.05) is 13.2 Å². The number of hydrogen-bond donors (Lipinski definition) is 1. The van der Waals surface area contributed by atoms with Gasteiger partial charge in [0.05, 0.1) is 12.3 Å². The molecule has 2 heterocycles. The van der Waals surface area contributed by atoms with E-state index in [0.29, 0.717) is 12.0 Å². The Morgan fingerprint density at radius 3 is 2.81 bits per heavy atom. The van der Waals surface area contributed by atoms with Gasteiger partial charge in [0.1, 0.15) is 6.04 Å². The number of carbonyl (C=O) groups is 1. The van der Waals surface area contributed by atoms with Gasteiger partial charge in [0.15, 0.2) is 0 Å². The van der Waals surface area contributed by atoms with Gasteiger partial charge in [-0.1, -0.05) is 37.3 Å². The molecule has 0 aliphatic carbocycles. The molecule has 2 fully saturated rings. The number of ether oxygens (including phenoxy) is 1. The zero-order chi connectivity index (χ0) is 14.8. The molecule has 0 radical (unpaired) electrons. The highest BCUT2D eigenvalue weighted by Gasteiger charge is 2.40. The Morgan fingerprint density at radius 1 is 1.33 bits per heavy atom. The van der Waals surface area contributed by atoms with E-state index in [0.717, 1.165) is 31.6 Å². The summed E-state index contributed by atoms with van der Waals surface area (Å²) in [7, 11) is 0. The van der Waals surface area contributed by atoms with Gasteiger partial charge in [-0.2, -0.15) is 0 Å². The molecule has 1 amide bonds. The maximum atomic E-state index is 12.7. The van der Waals surface area contributed by atoms with E-state index in [-0.39, 0.29) is 18.1 Å². The Hall–Kier alpha value is -1.39. The zero-order valence-corrected chi connectivity index (χ0v) is 12.8. The lowest BCUT2D eigenvalue weighted by atomic mass is 9.98. The van der Waals surface area contributed by atoms with Crippen molar-refractivity contribution in [2.45, 2.75) is 45.0 Å². The Labute approximate surface area is 126 Å². The number of carbonyl (C=O) groups excluding carboxylic acids is 1. The lowest BCUT2D eigenvalue weighted by Crippen LogP contribution is -2.40. The maximum absolute atomic E-state index is 12.7. The molecule has 3 rings (SSSR count). The summed E-state index contributed by atoms with van der Waals surface area (Å²) in [5.41, 5.74) is 1.05. The fourth-order valence-corrected chi connectivity index (χ4v) is 3.50. The normalized spacial score (nSPS) is 32.9. The van der Waals surface area contributed by atoms with E-state index >= 15 is 0 Å². The molecule has 4 heteroatoms. The molecule has 0 bridgehead atoms. The minimum Gasteiger partial charge on any atom is -0.378 e. The summed E-state index contributed by atoms with van der Waals surface area (Å²) in [5, 5.41) is 3.41. The number of nitrogens with zero attached hydrogens (tertiary/aromatic N) is 1. The SMILES string of the molecule is CCC1OCCC1CN1C(=O)C(c2ccccc2)NC1C. The number of nitrogens with one attached hydrogen (secondary N) is 1. The Bertz CT molecular complexity index is 491. The third kappa shape index (κ3) is 2.83. The topological polar surface area (TPSA) is 41.6 Å². The summed E-state index contributed by atoms with van der Waals surface area (Å²) < 4.78 is 5.75. The van der Waals surface area contributed by atoms with Crippen molar-refractivity contribution in [3.8, 4) is 0 Å². The number of benzene rings is 1. The summed E-state index contributed by atoms with van der Waals surface area (Å²) in [5.74, 6) is 0.660. The molecule has 0 spiro atoms. The zero-order valence-electron chi connectivity index (χ0n) is 12.8. The standard InChI is InChI=1S/C17H24N2O2/c1-3-15-14(9-10-21-15)11-19-12(2)18-16(17(19)20)13-7-5-4-6-8-13/h4-8,12,14-16,18H,3,9-11H2,1-2H3. The molecule has 4 atom stereocenters. The summed E-state index contributed by atoms with van der Waals surface area (Å²) >= 11 is 0. The van der Waals surface area contributed by atoms with Gasteiger partial charge < -0.3 is 9.64 Å². The Morgan fingerprint density at radius 2 is 2.10 bits per heavy atom. The summed E-state index contributed by atoms with van der Waals surface area (Å²) in [4.78, 5) is 14.7. The van der Waals surface area contributed by atoms with Crippen LogP contribution < -0.4 is 5.32 Å². The molecule has 2 saturated heterocycles. The van der Waals surface area contributed by atoms with E-state index in [4.69, 9.17) is 4.74 Å². The number of hydrogen-bond acceptors (Lipinski definition) is 3. The minimum absolute atomic E-state index is 0.0841. The van der Waals surface area contributed by atoms with Crippen LogP contribution in [0.2, 0.25) is 0 Å². The van der Waals surface area contributed by atoms with Gasteiger partial charge in [-0.05, 0) is 25.3 Å². The fraction of sp³-hybridized carbons (Fsp3) is 0.588. The summed E-state index contributed by atoms with van der Waals surface area (Å²) in [6, 6.07) is 9.76. The largest absolute Gasteiger partial charge is 0.378 e. The van der Waals surface area contributed by atoms with Crippen molar-refractivity contribution in [1.82, 2.24) is 10.2 Å². The van der Waals surface area contributed by atoms with Crippen molar-refractivity contribution in [1.29, 1.82) is 0 Å². The molecule has 4 unspecified atom stereocenters. The molecule has 114 valence electrons. The molecular weight excluding hydrogens is 264 g/mol. The van der Waals surface area contributed by atoms with Crippen LogP contribution in [0.25, 0.3) is 0 Å². The average Bonchev–Trinajstić information content (AvgIpc) is 3.07. The first-order valence-electron chi connectivity index (χ1n) is 7.93. The van der Waals surface area contributed by atoms with Crippen LogP contribution in [0, 0.1) is 5.92 Å². The van der Waals surface area contributed by atoms with Gasteiger partial charge in [0, 0.05) is 19.1 Å². The van der Waals surface area contributed by atoms with E-state index < -0.39 is 0 Å². The van der Waals surface area contributed by atoms with Gasteiger partial charge in [0.25, 0.3) is 0 Å². The highest BCUT2D eigenvalue weighted by molar-refractivity contribution is 5.85. The molecule has 2 aliphatic rings. The monoisotopic (exact) mass is 288 g/mol. The molecule has 2 aliphatic heterocycles. The van der Waals surface area contributed by atoms with Gasteiger partial charge in [0.2, 0.25) is 5.91 Å². The molecule has 21 heavy (non-hydrogen) atoms. The summed E-state index contributed by atoms with van der Waals surface area (Å²) in [6.45, 7) is 5.85. The van der Waals surface area contributed by atoms with Crippen LogP contribution in [0.5, 0.6) is 0 Å². The third-order valence-electron chi connectivity index (χ3n) is 4.72. The highest BCUT2D eigenvalue weighted by Crippen LogP contribution is 2.29. The van der Waals surface area contributed by atoms with Crippen LogP contribution in [0.4, 0.5) is 0 Å². The second-order valence-corrected chi connectivity index (χ2v) is 6.04. The van der Waals surface area contributed by atoms with Gasteiger partial charge in [-0.15, -0.1) is 0 Å². The van der Waals surface area contributed by atoms with Crippen LogP contribution in [0.15, 0.2) is 30.3 Å². The first-order valence-corrected chi connectivity index (χ1v) is 7.93. The van der Waals surface area contributed by atoms with E-state index in [1.54, 1.807) is 0 Å². The second-order valence-electron chi connectivity index (χ2n) is 6.04. The van der Waals surface area contributed by atoms with Gasteiger partial charge in [-0.25, -0.2) is 0 Å². The first kappa shape index (κ1) is 14.5. The highest BCUT2D eigenvalue weighted by atomic mass is 16.5. The lowest BCUT2D eigenvalue weighted by Gasteiger charge is -2.26. The van der Waals surface area contributed by atoms with Crippen molar-refractivity contribution >= 4 is 5.91 Å². The van der Waals surface area contributed by atoms with Crippen molar-refractivity contribution < 1.29 is 9.53 Å². The number of rotatable bonds is 4. The molecular formula is C17H24N2O2. The van der Waals surface area contributed by atoms with Crippen LogP contribution in [-0.4, -0.2) is 36.2 Å². The predicted molar refractivity (Wildman–Crippen MR) is 81.6 cm³/mol. The maximum Gasteiger partial charge on any atom is 0.245 e. The average molecular weight is 288 g/mol. The first-order chi connectivity index (χ1) is 10.2. The quantitative estimate of drug-likeness (QED) is 0.924. The lowest BCUT2D eigenvalue weighted by molar-refractivity contribution is -0.130. The van der Waals surface area contributed by atoms with Crippen molar-refractivity contribution in [3.63, 3.8) is 0 Å². The number of amides is 1. The van der Waals surface area contributed by atoms with E-state index in [1.165, 1.54) is 0 Å². The van der Waals surface area contributed by atoms with E-state index in [1.807, 2.05) is 35.2 Å². The second kappa shape index (κ2) is 6.16. The third-order valence-corrected chi connectivity index (χ3v) is 4.72. The fourth-order valence-electron chi connectivity index (χ4n) is 3.50. The molecule has 1 aromatic rings. The molecule has 0 aromatic heterocycles. The van der Waals surface area contributed by atoms with Crippen LogP contribution in [-0.2, 0) is 9.53 Å². The minimum atomic E-state index is -0.205.